The van der Waals surface area contributed by atoms with Gasteiger partial charge in [-0.25, -0.2) is 4.79 Å². The van der Waals surface area contributed by atoms with Crippen LogP contribution in [0.5, 0.6) is 5.75 Å². The molecule has 6 heteroatoms. The second kappa shape index (κ2) is 8.43. The molecule has 0 aromatic heterocycles. The zero-order valence-corrected chi connectivity index (χ0v) is 15.8. The molecular formula is C20H24ClN3O2. The van der Waals surface area contributed by atoms with Crippen LogP contribution in [0.3, 0.4) is 0 Å². The highest BCUT2D eigenvalue weighted by Crippen LogP contribution is 2.28. The van der Waals surface area contributed by atoms with Crippen LogP contribution in [-0.2, 0) is 0 Å². The van der Waals surface area contributed by atoms with E-state index in [1.54, 1.807) is 31.4 Å². The molecular weight excluding hydrogens is 350 g/mol. The average molecular weight is 374 g/mol. The van der Waals surface area contributed by atoms with E-state index in [4.69, 9.17) is 16.3 Å². The zero-order valence-electron chi connectivity index (χ0n) is 15.0. The van der Waals surface area contributed by atoms with Gasteiger partial charge >= 0.3 is 6.03 Å². The summed E-state index contributed by atoms with van der Waals surface area (Å²) in [5.41, 5.74) is 1.93. The minimum atomic E-state index is -0.194. The van der Waals surface area contributed by atoms with Crippen LogP contribution in [0.2, 0.25) is 5.02 Å². The number of amides is 2. The Bertz CT molecular complexity index is 734. The molecule has 138 valence electrons. The maximum absolute atomic E-state index is 12.4. The van der Waals surface area contributed by atoms with Crippen molar-refractivity contribution in [3.8, 4) is 5.75 Å². The summed E-state index contributed by atoms with van der Waals surface area (Å²) in [5, 5.41) is 6.66. The number of urea groups is 1. The molecule has 1 aliphatic rings. The third-order valence-corrected chi connectivity index (χ3v) is 5.03. The van der Waals surface area contributed by atoms with Crippen molar-refractivity contribution < 1.29 is 9.53 Å². The topological polar surface area (TPSA) is 53.6 Å². The van der Waals surface area contributed by atoms with Crippen LogP contribution in [0, 0.1) is 0 Å². The maximum Gasteiger partial charge on any atom is 0.319 e. The number of piperidine rings is 1. The Morgan fingerprint density at radius 3 is 2.50 bits per heavy atom. The molecule has 0 spiro atoms. The Morgan fingerprint density at radius 2 is 1.85 bits per heavy atom. The number of ether oxygens (including phenoxy) is 1. The van der Waals surface area contributed by atoms with E-state index in [1.807, 2.05) is 12.1 Å². The summed E-state index contributed by atoms with van der Waals surface area (Å²) in [6.45, 7) is 1.86. The van der Waals surface area contributed by atoms with Gasteiger partial charge in [0.15, 0.2) is 0 Å². The van der Waals surface area contributed by atoms with E-state index in [2.05, 4.69) is 34.7 Å². The first-order valence-electron chi connectivity index (χ1n) is 8.71. The molecule has 0 bridgehead atoms. The number of methoxy groups -OCH3 is 1. The largest absolute Gasteiger partial charge is 0.497 e. The number of halogens is 1. The lowest BCUT2D eigenvalue weighted by atomic mass is 9.86. The molecule has 2 aromatic rings. The third-order valence-electron chi connectivity index (χ3n) is 4.78. The van der Waals surface area contributed by atoms with Crippen LogP contribution in [0.4, 0.5) is 10.5 Å². The molecule has 0 saturated carbocycles. The molecule has 1 heterocycles. The number of hydrogen-bond acceptors (Lipinski definition) is 3. The van der Waals surface area contributed by atoms with E-state index in [1.165, 1.54) is 5.56 Å². The van der Waals surface area contributed by atoms with Gasteiger partial charge in [-0.2, -0.15) is 0 Å². The number of carbonyl (C=O) groups excluding carboxylic acids is 1. The van der Waals surface area contributed by atoms with Crippen LogP contribution < -0.4 is 15.4 Å². The van der Waals surface area contributed by atoms with Gasteiger partial charge in [0.25, 0.3) is 0 Å². The Labute approximate surface area is 159 Å². The minimum Gasteiger partial charge on any atom is -0.497 e. The predicted molar refractivity (Wildman–Crippen MR) is 105 cm³/mol. The minimum absolute atomic E-state index is 0.0758. The van der Waals surface area contributed by atoms with Crippen molar-refractivity contribution in [3.63, 3.8) is 0 Å². The van der Waals surface area contributed by atoms with Crippen LogP contribution in [0.15, 0.2) is 48.5 Å². The van der Waals surface area contributed by atoms with Crippen LogP contribution in [-0.4, -0.2) is 44.2 Å². The van der Waals surface area contributed by atoms with Gasteiger partial charge in [-0.05, 0) is 62.0 Å². The Hall–Kier alpha value is -2.24. The summed E-state index contributed by atoms with van der Waals surface area (Å²) in [6, 6.07) is 15.1. The highest BCUT2D eigenvalue weighted by Gasteiger charge is 2.30. The fourth-order valence-electron chi connectivity index (χ4n) is 3.35. The first-order chi connectivity index (χ1) is 12.5. The highest BCUT2D eigenvalue weighted by molar-refractivity contribution is 6.30. The standard InChI is InChI=1S/C20H24ClN3O2/c1-24-12-11-19(18(13-24)14-3-9-17(26-2)10-4-14)23-20(25)22-16-7-5-15(21)6-8-16/h3-10,18-19H,11-13H2,1-2H3,(H2,22,23,25). The normalized spacial score (nSPS) is 20.4. The van der Waals surface area contributed by atoms with Gasteiger partial charge in [-0.1, -0.05) is 23.7 Å². The summed E-state index contributed by atoms with van der Waals surface area (Å²) in [7, 11) is 3.77. The molecule has 1 fully saturated rings. The monoisotopic (exact) mass is 373 g/mol. The second-order valence-corrected chi connectivity index (χ2v) is 7.08. The van der Waals surface area contributed by atoms with E-state index in [0.29, 0.717) is 5.02 Å². The summed E-state index contributed by atoms with van der Waals surface area (Å²) < 4.78 is 5.24. The van der Waals surface area contributed by atoms with Gasteiger partial charge in [0.2, 0.25) is 0 Å². The molecule has 26 heavy (non-hydrogen) atoms. The van der Waals surface area contributed by atoms with Crippen LogP contribution in [0.1, 0.15) is 17.9 Å². The quantitative estimate of drug-likeness (QED) is 0.852. The molecule has 2 N–H and O–H groups in total. The van der Waals surface area contributed by atoms with Gasteiger partial charge in [0, 0.05) is 29.2 Å². The van der Waals surface area contributed by atoms with Crippen molar-refractivity contribution in [1.29, 1.82) is 0 Å². The molecule has 0 aliphatic carbocycles. The molecule has 2 aromatic carbocycles. The summed E-state index contributed by atoms with van der Waals surface area (Å²) >= 11 is 5.88. The molecule has 1 saturated heterocycles. The summed E-state index contributed by atoms with van der Waals surface area (Å²) in [4.78, 5) is 14.7. The molecule has 0 radical (unpaired) electrons. The van der Waals surface area contributed by atoms with Crippen molar-refractivity contribution >= 4 is 23.3 Å². The van der Waals surface area contributed by atoms with Gasteiger partial charge in [-0.3, -0.25) is 0 Å². The lowest BCUT2D eigenvalue weighted by Crippen LogP contribution is -2.49. The number of hydrogen-bond donors (Lipinski definition) is 2. The maximum atomic E-state index is 12.4. The molecule has 1 aliphatic heterocycles. The number of likely N-dealkylation sites (tertiary alicyclic amines) is 1. The Balaban J connectivity index is 1.68. The molecule has 3 rings (SSSR count). The average Bonchev–Trinajstić information content (AvgIpc) is 2.65. The fourth-order valence-corrected chi connectivity index (χ4v) is 3.47. The van der Waals surface area contributed by atoms with Crippen molar-refractivity contribution in [1.82, 2.24) is 10.2 Å². The number of anilines is 1. The van der Waals surface area contributed by atoms with Gasteiger partial charge < -0.3 is 20.3 Å². The fraction of sp³-hybridized carbons (Fsp3) is 0.350. The number of rotatable bonds is 4. The van der Waals surface area contributed by atoms with Gasteiger partial charge in [0.05, 0.1) is 7.11 Å². The first kappa shape index (κ1) is 18.5. The van der Waals surface area contributed by atoms with Gasteiger partial charge in [0.1, 0.15) is 5.75 Å². The van der Waals surface area contributed by atoms with Gasteiger partial charge in [-0.15, -0.1) is 0 Å². The van der Waals surface area contributed by atoms with E-state index in [0.717, 1.165) is 30.9 Å². The Kier molecular flexibility index (Phi) is 6.01. The van der Waals surface area contributed by atoms with Crippen molar-refractivity contribution in [3.05, 3.63) is 59.1 Å². The van der Waals surface area contributed by atoms with Crippen molar-refractivity contribution in [2.24, 2.45) is 0 Å². The summed E-state index contributed by atoms with van der Waals surface area (Å²) in [6.07, 6.45) is 0.904. The van der Waals surface area contributed by atoms with E-state index in [9.17, 15) is 4.79 Å². The Morgan fingerprint density at radius 1 is 1.15 bits per heavy atom. The summed E-state index contributed by atoms with van der Waals surface area (Å²) in [5.74, 6) is 1.07. The number of nitrogens with one attached hydrogen (secondary N) is 2. The number of nitrogens with zero attached hydrogens (tertiary/aromatic N) is 1. The second-order valence-electron chi connectivity index (χ2n) is 6.64. The zero-order chi connectivity index (χ0) is 18.5. The molecule has 2 unspecified atom stereocenters. The number of benzene rings is 2. The predicted octanol–water partition coefficient (Wildman–Crippen LogP) is 3.96. The number of carbonyl (C=O) groups is 1. The first-order valence-corrected chi connectivity index (χ1v) is 9.08. The van der Waals surface area contributed by atoms with Crippen molar-refractivity contribution in [2.75, 3.05) is 32.6 Å². The lowest BCUT2D eigenvalue weighted by molar-refractivity contribution is 0.202. The molecule has 2 atom stereocenters. The SMILES string of the molecule is COc1ccc(C2CN(C)CCC2NC(=O)Nc2ccc(Cl)cc2)cc1. The third kappa shape index (κ3) is 4.68. The van der Waals surface area contributed by atoms with E-state index >= 15 is 0 Å². The lowest BCUT2D eigenvalue weighted by Gasteiger charge is -2.37. The van der Waals surface area contributed by atoms with E-state index < -0.39 is 0 Å². The van der Waals surface area contributed by atoms with E-state index in [-0.39, 0.29) is 18.0 Å². The highest BCUT2D eigenvalue weighted by atomic mass is 35.5. The smallest absolute Gasteiger partial charge is 0.319 e. The molecule has 5 nitrogen and oxygen atoms in total. The molecule has 2 amide bonds. The number of likely N-dealkylation sites (N-methyl/N-ethyl adjacent to an activating group) is 1. The van der Waals surface area contributed by atoms with Crippen LogP contribution >= 0.6 is 11.6 Å². The van der Waals surface area contributed by atoms with Crippen LogP contribution in [0.25, 0.3) is 0 Å². The van der Waals surface area contributed by atoms with Crippen molar-refractivity contribution in [2.45, 2.75) is 18.4 Å².